The van der Waals surface area contributed by atoms with Crippen molar-refractivity contribution in [1.82, 2.24) is 5.32 Å². The second-order valence-electron chi connectivity index (χ2n) is 4.33. The summed E-state index contributed by atoms with van der Waals surface area (Å²) in [5.74, 6) is -0.527. The van der Waals surface area contributed by atoms with E-state index >= 15 is 0 Å². The average molecular weight is 292 g/mol. The Kier molecular flexibility index (Phi) is 4.48. The van der Waals surface area contributed by atoms with Crippen LogP contribution in [0.2, 0.25) is 0 Å². The van der Waals surface area contributed by atoms with E-state index in [4.69, 9.17) is 11.6 Å². The van der Waals surface area contributed by atoms with Crippen molar-refractivity contribution >= 4 is 17.5 Å². The van der Waals surface area contributed by atoms with Crippen LogP contribution in [0.3, 0.4) is 0 Å². The average Bonchev–Trinajstić information content (AvgIpc) is 2.44. The number of nitrogens with one attached hydrogen (secondary N) is 1. The van der Waals surface area contributed by atoms with Gasteiger partial charge < -0.3 is 15.5 Å². The molecule has 4 nitrogen and oxygen atoms in total. The maximum Gasteiger partial charge on any atom is 0.252 e. The van der Waals surface area contributed by atoms with Crippen LogP contribution in [-0.2, 0) is 0 Å². The molecule has 1 atom stereocenters. The van der Waals surface area contributed by atoms with Gasteiger partial charge in [-0.3, -0.25) is 4.79 Å². The van der Waals surface area contributed by atoms with Gasteiger partial charge in [-0.2, -0.15) is 0 Å². The maximum atomic E-state index is 12.1. The van der Waals surface area contributed by atoms with E-state index in [1.54, 1.807) is 0 Å². The number of halogens is 1. The normalized spacial score (nSPS) is 11.8. The number of hydrogen-bond donors (Lipinski definition) is 3. The van der Waals surface area contributed by atoms with E-state index in [2.05, 4.69) is 5.32 Å². The van der Waals surface area contributed by atoms with Crippen molar-refractivity contribution in [2.75, 3.05) is 5.88 Å². The number of amides is 1. The zero-order valence-electron chi connectivity index (χ0n) is 10.6. The number of carbonyl (C=O) groups is 1. The summed E-state index contributed by atoms with van der Waals surface area (Å²) in [7, 11) is 0. The molecule has 0 saturated heterocycles. The molecule has 104 valence electrons. The van der Waals surface area contributed by atoms with Gasteiger partial charge in [0, 0.05) is 17.5 Å². The Morgan fingerprint density at radius 3 is 2.25 bits per heavy atom. The lowest BCUT2D eigenvalue weighted by Gasteiger charge is -2.16. The first-order valence-electron chi connectivity index (χ1n) is 6.05. The van der Waals surface area contributed by atoms with Gasteiger partial charge in [0.2, 0.25) is 0 Å². The van der Waals surface area contributed by atoms with Gasteiger partial charge >= 0.3 is 0 Å². The predicted octanol–water partition coefficient (Wildman–Crippen LogP) is 2.81. The van der Waals surface area contributed by atoms with Gasteiger partial charge in [-0.05, 0) is 17.7 Å². The Labute approximate surface area is 121 Å². The Balaban J connectivity index is 2.17. The van der Waals surface area contributed by atoms with E-state index in [9.17, 15) is 15.0 Å². The van der Waals surface area contributed by atoms with Crippen LogP contribution in [0.4, 0.5) is 0 Å². The Bertz CT molecular complexity index is 581. The first-order valence-corrected chi connectivity index (χ1v) is 6.58. The quantitative estimate of drug-likeness (QED) is 0.759. The lowest BCUT2D eigenvalue weighted by atomic mass is 10.1. The SMILES string of the molecule is O=C(NC(CCl)c1ccccc1)c1cc(O)cc(O)c1. The molecule has 2 aromatic rings. The molecule has 0 fully saturated rings. The molecule has 0 aliphatic rings. The molecular weight excluding hydrogens is 278 g/mol. The largest absolute Gasteiger partial charge is 0.508 e. The number of alkyl halides is 1. The summed E-state index contributed by atoms with van der Waals surface area (Å²) in [5.41, 5.74) is 1.06. The van der Waals surface area contributed by atoms with Crippen molar-refractivity contribution in [2.45, 2.75) is 6.04 Å². The van der Waals surface area contributed by atoms with Crippen LogP contribution in [0.5, 0.6) is 11.5 Å². The van der Waals surface area contributed by atoms with E-state index in [1.165, 1.54) is 12.1 Å². The third-order valence-electron chi connectivity index (χ3n) is 2.83. The molecule has 1 unspecified atom stereocenters. The van der Waals surface area contributed by atoms with Crippen LogP contribution in [0, 0.1) is 0 Å². The predicted molar refractivity (Wildman–Crippen MR) is 77.1 cm³/mol. The zero-order valence-corrected chi connectivity index (χ0v) is 11.3. The second kappa shape index (κ2) is 6.30. The van der Waals surface area contributed by atoms with Crippen molar-refractivity contribution in [3.05, 3.63) is 59.7 Å². The number of aromatic hydroxyl groups is 2. The van der Waals surface area contributed by atoms with Crippen molar-refractivity contribution in [2.24, 2.45) is 0 Å². The molecule has 2 aromatic carbocycles. The van der Waals surface area contributed by atoms with Gasteiger partial charge in [-0.25, -0.2) is 0 Å². The molecule has 2 rings (SSSR count). The Hall–Kier alpha value is -2.20. The van der Waals surface area contributed by atoms with Gasteiger partial charge in [0.25, 0.3) is 5.91 Å². The fraction of sp³-hybridized carbons (Fsp3) is 0.133. The highest BCUT2D eigenvalue weighted by atomic mass is 35.5. The summed E-state index contributed by atoms with van der Waals surface area (Å²) in [6.07, 6.45) is 0. The number of rotatable bonds is 4. The number of carbonyl (C=O) groups excluding carboxylic acids is 1. The molecule has 0 aliphatic heterocycles. The molecule has 3 N–H and O–H groups in total. The van der Waals surface area contributed by atoms with Crippen LogP contribution >= 0.6 is 11.6 Å². The molecule has 1 amide bonds. The fourth-order valence-electron chi connectivity index (χ4n) is 1.86. The molecule has 0 aliphatic carbocycles. The van der Waals surface area contributed by atoms with Crippen molar-refractivity contribution in [1.29, 1.82) is 0 Å². The smallest absolute Gasteiger partial charge is 0.252 e. The van der Waals surface area contributed by atoms with Crippen molar-refractivity contribution in [3.8, 4) is 11.5 Å². The van der Waals surface area contributed by atoms with Crippen LogP contribution in [-0.4, -0.2) is 22.0 Å². The molecule has 0 saturated carbocycles. The Morgan fingerprint density at radius 1 is 1.10 bits per heavy atom. The molecule has 0 heterocycles. The second-order valence-corrected chi connectivity index (χ2v) is 4.64. The standard InChI is InChI=1S/C15H14ClNO3/c16-9-14(10-4-2-1-3-5-10)17-15(20)11-6-12(18)8-13(19)7-11/h1-8,14,18-19H,9H2,(H,17,20). The van der Waals surface area contributed by atoms with E-state index in [1.807, 2.05) is 30.3 Å². The van der Waals surface area contributed by atoms with Crippen LogP contribution in [0.25, 0.3) is 0 Å². The Morgan fingerprint density at radius 2 is 1.70 bits per heavy atom. The summed E-state index contributed by atoms with van der Waals surface area (Å²) in [5, 5.41) is 21.5. The van der Waals surface area contributed by atoms with Crippen LogP contribution in [0.1, 0.15) is 22.0 Å². The molecule has 0 aromatic heterocycles. The summed E-state index contributed by atoms with van der Waals surface area (Å²) >= 11 is 5.88. The fourth-order valence-corrected chi connectivity index (χ4v) is 2.12. The molecule has 0 spiro atoms. The van der Waals surface area contributed by atoms with E-state index < -0.39 is 5.91 Å². The number of phenols is 2. The van der Waals surface area contributed by atoms with Crippen molar-refractivity contribution in [3.63, 3.8) is 0 Å². The monoisotopic (exact) mass is 291 g/mol. The van der Waals surface area contributed by atoms with Gasteiger partial charge in [-0.15, -0.1) is 11.6 Å². The summed E-state index contributed by atoms with van der Waals surface area (Å²) in [6, 6.07) is 12.7. The highest BCUT2D eigenvalue weighted by molar-refractivity contribution is 6.18. The molecule has 0 radical (unpaired) electrons. The molecular formula is C15H14ClNO3. The number of benzene rings is 2. The van der Waals surface area contributed by atoms with E-state index in [0.29, 0.717) is 0 Å². The molecule has 0 bridgehead atoms. The highest BCUT2D eigenvalue weighted by Crippen LogP contribution is 2.21. The van der Waals surface area contributed by atoms with Crippen LogP contribution < -0.4 is 5.32 Å². The molecule has 5 heteroatoms. The van der Waals surface area contributed by atoms with Gasteiger partial charge in [0.15, 0.2) is 0 Å². The number of hydrogen-bond acceptors (Lipinski definition) is 3. The molecule has 20 heavy (non-hydrogen) atoms. The topological polar surface area (TPSA) is 69.6 Å². The van der Waals surface area contributed by atoms with E-state index in [0.717, 1.165) is 11.6 Å². The zero-order chi connectivity index (χ0) is 14.5. The lowest BCUT2D eigenvalue weighted by Crippen LogP contribution is -2.29. The van der Waals surface area contributed by atoms with Gasteiger partial charge in [0.05, 0.1) is 6.04 Å². The number of phenolic OH excluding ortho intramolecular Hbond substituents is 2. The highest BCUT2D eigenvalue weighted by Gasteiger charge is 2.15. The maximum absolute atomic E-state index is 12.1. The third-order valence-corrected chi connectivity index (χ3v) is 3.13. The lowest BCUT2D eigenvalue weighted by molar-refractivity contribution is 0.0939. The third kappa shape index (κ3) is 3.42. The van der Waals surface area contributed by atoms with Crippen LogP contribution in [0.15, 0.2) is 48.5 Å². The first-order chi connectivity index (χ1) is 9.60. The summed E-state index contributed by atoms with van der Waals surface area (Å²) in [4.78, 5) is 12.1. The van der Waals surface area contributed by atoms with Gasteiger partial charge in [0.1, 0.15) is 11.5 Å². The van der Waals surface area contributed by atoms with E-state index in [-0.39, 0.29) is 29.0 Å². The minimum atomic E-state index is -0.411. The minimum Gasteiger partial charge on any atom is -0.508 e. The first kappa shape index (κ1) is 14.2. The summed E-state index contributed by atoms with van der Waals surface area (Å²) in [6.45, 7) is 0. The van der Waals surface area contributed by atoms with Crippen molar-refractivity contribution < 1.29 is 15.0 Å². The summed E-state index contributed by atoms with van der Waals surface area (Å²) < 4.78 is 0. The van der Waals surface area contributed by atoms with Gasteiger partial charge in [-0.1, -0.05) is 30.3 Å². The minimum absolute atomic E-state index is 0.169.